The molecule has 6 nitrogen and oxygen atoms in total. The summed E-state index contributed by atoms with van der Waals surface area (Å²) in [4.78, 5) is 23.1. The molecule has 2 aromatic rings. The Morgan fingerprint density at radius 3 is 2.54 bits per heavy atom. The number of primary amides is 1. The zero-order valence-electron chi connectivity index (χ0n) is 12.9. The molecule has 0 bridgehead atoms. The first-order valence-electron chi connectivity index (χ1n) is 7.20. The Kier molecular flexibility index (Phi) is 4.20. The molecule has 3 rings (SSSR count). The van der Waals surface area contributed by atoms with Crippen LogP contribution in [0.3, 0.4) is 0 Å². The van der Waals surface area contributed by atoms with Gasteiger partial charge in [-0.2, -0.15) is 0 Å². The standard InChI is InChI=1S/C18H15NO5/c1-22-12-4-2-11(3-5-12)8-16-18(21)14-7-6-13(9-15(14)24-16)23-10-17(19)20/h2-9H,10H2,1H3,(H2,19,20)/b16-8-. The number of carbonyl (C=O) groups excluding carboxylic acids is 2. The van der Waals surface area contributed by atoms with Crippen LogP contribution in [0.25, 0.3) is 6.08 Å². The third-order valence-electron chi connectivity index (χ3n) is 3.44. The zero-order chi connectivity index (χ0) is 17.1. The Balaban J connectivity index is 1.81. The highest BCUT2D eigenvalue weighted by Crippen LogP contribution is 2.34. The van der Waals surface area contributed by atoms with Gasteiger partial charge in [-0.25, -0.2) is 0 Å². The lowest BCUT2D eigenvalue weighted by molar-refractivity contribution is -0.119. The van der Waals surface area contributed by atoms with E-state index in [1.54, 1.807) is 43.5 Å². The minimum absolute atomic E-state index is 0.206. The van der Waals surface area contributed by atoms with Gasteiger partial charge in [0, 0.05) is 6.07 Å². The van der Waals surface area contributed by atoms with Crippen molar-refractivity contribution in [2.45, 2.75) is 0 Å². The lowest BCUT2D eigenvalue weighted by Gasteiger charge is -2.04. The molecule has 0 atom stereocenters. The van der Waals surface area contributed by atoms with E-state index >= 15 is 0 Å². The van der Waals surface area contributed by atoms with Crippen LogP contribution in [0, 0.1) is 0 Å². The van der Waals surface area contributed by atoms with Gasteiger partial charge >= 0.3 is 0 Å². The summed E-state index contributed by atoms with van der Waals surface area (Å²) in [5, 5.41) is 0. The van der Waals surface area contributed by atoms with E-state index in [0.717, 1.165) is 11.3 Å². The number of ether oxygens (including phenoxy) is 3. The van der Waals surface area contributed by atoms with Crippen LogP contribution in [0.2, 0.25) is 0 Å². The van der Waals surface area contributed by atoms with E-state index in [2.05, 4.69) is 0 Å². The second-order valence-electron chi connectivity index (χ2n) is 5.13. The smallest absolute Gasteiger partial charge is 0.255 e. The number of ketones is 1. The van der Waals surface area contributed by atoms with Gasteiger partial charge in [0.2, 0.25) is 5.78 Å². The van der Waals surface area contributed by atoms with Gasteiger partial charge in [0.1, 0.15) is 17.2 Å². The van der Waals surface area contributed by atoms with E-state index in [0.29, 0.717) is 17.1 Å². The largest absolute Gasteiger partial charge is 0.497 e. The van der Waals surface area contributed by atoms with Crippen molar-refractivity contribution in [1.29, 1.82) is 0 Å². The van der Waals surface area contributed by atoms with E-state index in [-0.39, 0.29) is 18.1 Å². The Labute approximate surface area is 138 Å². The summed E-state index contributed by atoms with van der Waals surface area (Å²) in [5.74, 6) is 0.972. The monoisotopic (exact) mass is 325 g/mol. The molecule has 0 saturated carbocycles. The zero-order valence-corrected chi connectivity index (χ0v) is 12.9. The number of nitrogens with two attached hydrogens (primary N) is 1. The summed E-state index contributed by atoms with van der Waals surface area (Å²) in [5.41, 5.74) is 6.30. The number of carbonyl (C=O) groups is 2. The fourth-order valence-electron chi connectivity index (χ4n) is 2.26. The molecule has 122 valence electrons. The quantitative estimate of drug-likeness (QED) is 0.851. The maximum atomic E-state index is 12.4. The predicted molar refractivity (Wildman–Crippen MR) is 87.1 cm³/mol. The first-order chi connectivity index (χ1) is 11.6. The van der Waals surface area contributed by atoms with Gasteiger partial charge in [-0.15, -0.1) is 0 Å². The predicted octanol–water partition coefficient (Wildman–Crippen LogP) is 2.18. The number of fused-ring (bicyclic) bond motifs is 1. The van der Waals surface area contributed by atoms with Crippen LogP contribution < -0.4 is 19.9 Å². The van der Waals surface area contributed by atoms with Crippen LogP contribution in [0.5, 0.6) is 17.2 Å². The molecule has 0 fully saturated rings. The average molecular weight is 325 g/mol. The summed E-state index contributed by atoms with van der Waals surface area (Å²) in [6.07, 6.45) is 1.66. The van der Waals surface area contributed by atoms with Gasteiger partial charge < -0.3 is 19.9 Å². The van der Waals surface area contributed by atoms with Crippen molar-refractivity contribution in [2.75, 3.05) is 13.7 Å². The average Bonchev–Trinajstić information content (AvgIpc) is 2.89. The molecule has 0 unspecified atom stereocenters. The van der Waals surface area contributed by atoms with E-state index in [1.807, 2.05) is 12.1 Å². The topological polar surface area (TPSA) is 87.8 Å². The minimum atomic E-state index is -0.576. The Hall–Kier alpha value is -3.28. The molecule has 0 spiro atoms. The Morgan fingerprint density at radius 2 is 1.88 bits per heavy atom. The number of methoxy groups -OCH3 is 1. The Bertz CT molecular complexity index is 824. The number of hydrogen-bond donors (Lipinski definition) is 1. The summed E-state index contributed by atoms with van der Waals surface area (Å²) in [6, 6.07) is 12.0. The molecule has 1 heterocycles. The number of benzene rings is 2. The molecular formula is C18H15NO5. The first-order valence-corrected chi connectivity index (χ1v) is 7.20. The minimum Gasteiger partial charge on any atom is -0.497 e. The maximum absolute atomic E-state index is 12.4. The number of allylic oxidation sites excluding steroid dienone is 1. The molecule has 24 heavy (non-hydrogen) atoms. The van der Waals surface area contributed by atoms with Gasteiger partial charge in [0.25, 0.3) is 5.91 Å². The van der Waals surface area contributed by atoms with Gasteiger partial charge in [0.15, 0.2) is 12.4 Å². The van der Waals surface area contributed by atoms with Crippen LogP contribution in [0.1, 0.15) is 15.9 Å². The molecule has 6 heteroatoms. The van der Waals surface area contributed by atoms with Gasteiger partial charge in [-0.05, 0) is 35.9 Å². The lowest BCUT2D eigenvalue weighted by Crippen LogP contribution is -2.19. The third kappa shape index (κ3) is 3.22. The molecule has 2 N–H and O–H groups in total. The number of hydrogen-bond acceptors (Lipinski definition) is 5. The number of rotatable bonds is 5. The molecule has 1 aliphatic heterocycles. The van der Waals surface area contributed by atoms with Crippen molar-refractivity contribution in [3.05, 3.63) is 59.4 Å². The van der Waals surface area contributed by atoms with Crippen molar-refractivity contribution in [2.24, 2.45) is 5.73 Å². The fourth-order valence-corrected chi connectivity index (χ4v) is 2.26. The Morgan fingerprint density at radius 1 is 1.17 bits per heavy atom. The molecule has 0 radical (unpaired) electrons. The van der Waals surface area contributed by atoms with Crippen molar-refractivity contribution < 1.29 is 23.8 Å². The molecular weight excluding hydrogens is 310 g/mol. The van der Waals surface area contributed by atoms with Crippen LogP contribution in [-0.2, 0) is 4.79 Å². The van der Waals surface area contributed by atoms with Crippen molar-refractivity contribution in [1.82, 2.24) is 0 Å². The van der Waals surface area contributed by atoms with Gasteiger partial charge in [-0.3, -0.25) is 9.59 Å². The summed E-state index contributed by atoms with van der Waals surface area (Å²) in [6.45, 7) is -0.235. The lowest BCUT2D eigenvalue weighted by atomic mass is 10.1. The second kappa shape index (κ2) is 6.45. The van der Waals surface area contributed by atoms with Gasteiger partial charge in [0.05, 0.1) is 12.7 Å². The first kappa shape index (κ1) is 15.6. The molecule has 1 aliphatic rings. The highest BCUT2D eigenvalue weighted by molar-refractivity contribution is 6.14. The molecule has 0 aliphatic carbocycles. The normalized spacial score (nSPS) is 14.2. The van der Waals surface area contributed by atoms with Crippen molar-refractivity contribution in [3.63, 3.8) is 0 Å². The van der Waals surface area contributed by atoms with Gasteiger partial charge in [-0.1, -0.05) is 12.1 Å². The van der Waals surface area contributed by atoms with E-state index < -0.39 is 5.91 Å². The van der Waals surface area contributed by atoms with E-state index in [1.165, 1.54) is 0 Å². The van der Waals surface area contributed by atoms with Crippen molar-refractivity contribution in [3.8, 4) is 17.2 Å². The highest BCUT2D eigenvalue weighted by Gasteiger charge is 2.27. The van der Waals surface area contributed by atoms with Crippen LogP contribution in [0.4, 0.5) is 0 Å². The summed E-state index contributed by atoms with van der Waals surface area (Å²) in [7, 11) is 1.59. The van der Waals surface area contributed by atoms with Crippen LogP contribution >= 0.6 is 0 Å². The van der Waals surface area contributed by atoms with E-state index in [4.69, 9.17) is 19.9 Å². The van der Waals surface area contributed by atoms with Crippen molar-refractivity contribution >= 4 is 17.8 Å². The molecule has 2 aromatic carbocycles. The van der Waals surface area contributed by atoms with E-state index in [9.17, 15) is 9.59 Å². The highest BCUT2D eigenvalue weighted by atomic mass is 16.5. The molecule has 0 saturated heterocycles. The molecule has 1 amide bonds. The van der Waals surface area contributed by atoms with Crippen LogP contribution in [0.15, 0.2) is 48.2 Å². The second-order valence-corrected chi connectivity index (χ2v) is 5.13. The number of amides is 1. The maximum Gasteiger partial charge on any atom is 0.255 e. The fraction of sp³-hybridized carbons (Fsp3) is 0.111. The third-order valence-corrected chi connectivity index (χ3v) is 3.44. The molecule has 0 aromatic heterocycles. The number of Topliss-reactive ketones (excluding diaryl/α,β-unsaturated/α-hetero) is 1. The SMILES string of the molecule is COc1ccc(/C=C2\Oc3cc(OCC(N)=O)ccc3C2=O)cc1. The summed E-state index contributed by atoms with van der Waals surface area (Å²) < 4.78 is 15.9. The summed E-state index contributed by atoms with van der Waals surface area (Å²) >= 11 is 0. The van der Waals surface area contributed by atoms with Crippen LogP contribution in [-0.4, -0.2) is 25.4 Å².